The number of hydrogen-bond donors (Lipinski definition) is 1. The molecule has 6 nitrogen and oxygen atoms in total. The normalized spacial score (nSPS) is 11.1. The summed E-state index contributed by atoms with van der Waals surface area (Å²) in [6.45, 7) is 2.06. The fourth-order valence-corrected chi connectivity index (χ4v) is 1.81. The molecule has 0 aliphatic rings. The average Bonchev–Trinajstić information content (AvgIpc) is 2.35. The highest BCUT2D eigenvalue weighted by Gasteiger charge is 2.17. The van der Waals surface area contributed by atoms with Crippen LogP contribution in [0.1, 0.15) is 19.8 Å². The van der Waals surface area contributed by atoms with Crippen LogP contribution in [0.4, 0.5) is 0 Å². The van der Waals surface area contributed by atoms with Gasteiger partial charge in [-0.3, -0.25) is 9.59 Å². The van der Waals surface area contributed by atoms with Crippen LogP contribution in [0.5, 0.6) is 0 Å². The third kappa shape index (κ3) is 6.77. The van der Waals surface area contributed by atoms with Crippen LogP contribution in [-0.4, -0.2) is 46.0 Å². The van der Waals surface area contributed by atoms with Gasteiger partial charge in [0.25, 0.3) is 0 Å². The highest BCUT2D eigenvalue weighted by Crippen LogP contribution is 2.11. The molecule has 0 aromatic rings. The van der Waals surface area contributed by atoms with Crippen LogP contribution >= 0.6 is 11.8 Å². The quantitative estimate of drug-likeness (QED) is 0.700. The number of amides is 1. The maximum Gasteiger partial charge on any atom is 0.316 e. The Morgan fingerprint density at radius 3 is 2.17 bits per heavy atom. The van der Waals surface area contributed by atoms with Crippen LogP contribution in [-0.2, 0) is 9.59 Å². The molecule has 1 N–H and O–H groups in total. The standard InChI is InChI=1S/C11H15N3O3S/c1-9(11(16)17)18-8-10(15)14(6-2-4-12)7-3-5-13/h9H,2-3,6-8H2,1H3,(H,16,17). The van der Waals surface area contributed by atoms with E-state index >= 15 is 0 Å². The number of thioether (sulfide) groups is 1. The van der Waals surface area contributed by atoms with E-state index in [0.717, 1.165) is 11.8 Å². The highest BCUT2D eigenvalue weighted by molar-refractivity contribution is 8.01. The molecule has 7 heteroatoms. The van der Waals surface area contributed by atoms with Crippen molar-refractivity contribution in [3.8, 4) is 12.1 Å². The number of hydrogen-bond acceptors (Lipinski definition) is 5. The molecular formula is C11H15N3O3S. The van der Waals surface area contributed by atoms with E-state index in [1.165, 1.54) is 11.8 Å². The third-order valence-electron chi connectivity index (χ3n) is 2.14. The largest absolute Gasteiger partial charge is 0.480 e. The van der Waals surface area contributed by atoms with E-state index in [1.54, 1.807) is 0 Å². The Labute approximate surface area is 110 Å². The molecule has 0 aliphatic heterocycles. The minimum Gasteiger partial charge on any atom is -0.480 e. The predicted octanol–water partition coefficient (Wildman–Crippen LogP) is 0.849. The van der Waals surface area contributed by atoms with Crippen molar-refractivity contribution in [3.63, 3.8) is 0 Å². The lowest BCUT2D eigenvalue weighted by Crippen LogP contribution is -2.34. The monoisotopic (exact) mass is 269 g/mol. The lowest BCUT2D eigenvalue weighted by molar-refractivity contribution is -0.136. The van der Waals surface area contributed by atoms with Gasteiger partial charge >= 0.3 is 5.97 Å². The Morgan fingerprint density at radius 2 is 1.78 bits per heavy atom. The second-order valence-corrected chi connectivity index (χ2v) is 4.82. The highest BCUT2D eigenvalue weighted by atomic mass is 32.2. The fourth-order valence-electron chi connectivity index (χ4n) is 1.09. The molecule has 0 aliphatic carbocycles. The summed E-state index contributed by atoms with van der Waals surface area (Å²) in [5.74, 6) is -1.16. The van der Waals surface area contributed by atoms with Crippen molar-refractivity contribution in [2.45, 2.75) is 25.0 Å². The van der Waals surface area contributed by atoms with Gasteiger partial charge in [0.2, 0.25) is 5.91 Å². The van der Waals surface area contributed by atoms with Crippen LogP contribution < -0.4 is 0 Å². The summed E-state index contributed by atoms with van der Waals surface area (Å²) < 4.78 is 0. The minimum atomic E-state index is -0.964. The average molecular weight is 269 g/mol. The summed E-state index contributed by atoms with van der Waals surface area (Å²) in [7, 11) is 0. The van der Waals surface area contributed by atoms with E-state index in [1.807, 2.05) is 12.1 Å². The summed E-state index contributed by atoms with van der Waals surface area (Å²) in [4.78, 5) is 23.8. The Morgan fingerprint density at radius 1 is 1.28 bits per heavy atom. The number of nitriles is 2. The van der Waals surface area contributed by atoms with Gasteiger partial charge in [0, 0.05) is 13.1 Å². The van der Waals surface area contributed by atoms with Crippen molar-refractivity contribution in [3.05, 3.63) is 0 Å². The van der Waals surface area contributed by atoms with E-state index in [-0.39, 0.29) is 37.6 Å². The Balaban J connectivity index is 4.24. The van der Waals surface area contributed by atoms with Crippen molar-refractivity contribution in [2.75, 3.05) is 18.8 Å². The van der Waals surface area contributed by atoms with Gasteiger partial charge in [0.05, 0.1) is 36.0 Å². The molecule has 0 fully saturated rings. The van der Waals surface area contributed by atoms with Gasteiger partial charge in [-0.1, -0.05) is 0 Å². The van der Waals surface area contributed by atoms with Crippen molar-refractivity contribution in [2.24, 2.45) is 0 Å². The van der Waals surface area contributed by atoms with Crippen molar-refractivity contribution in [1.29, 1.82) is 10.5 Å². The van der Waals surface area contributed by atoms with E-state index in [0.29, 0.717) is 0 Å². The van der Waals surface area contributed by atoms with Crippen molar-refractivity contribution < 1.29 is 14.7 Å². The molecule has 0 radical (unpaired) electrons. The number of carbonyl (C=O) groups excluding carboxylic acids is 1. The van der Waals surface area contributed by atoms with Gasteiger partial charge in [-0.2, -0.15) is 10.5 Å². The number of carboxylic acids is 1. The van der Waals surface area contributed by atoms with Gasteiger partial charge in [-0.05, 0) is 6.92 Å². The number of carbonyl (C=O) groups is 2. The molecule has 98 valence electrons. The van der Waals surface area contributed by atoms with E-state index < -0.39 is 11.2 Å². The zero-order valence-electron chi connectivity index (χ0n) is 10.1. The molecule has 0 bridgehead atoms. The smallest absolute Gasteiger partial charge is 0.316 e. The first kappa shape index (κ1) is 16.3. The summed E-state index contributed by atoms with van der Waals surface area (Å²) >= 11 is 1.03. The summed E-state index contributed by atoms with van der Waals surface area (Å²) in [6, 6.07) is 3.87. The van der Waals surface area contributed by atoms with E-state index in [2.05, 4.69) is 0 Å². The first-order chi connectivity index (χ1) is 8.52. The van der Waals surface area contributed by atoms with Gasteiger partial charge in [-0.25, -0.2) is 0 Å². The zero-order chi connectivity index (χ0) is 14.0. The lowest BCUT2D eigenvalue weighted by atomic mass is 10.3. The molecule has 0 aromatic heterocycles. The Hall–Kier alpha value is -1.73. The molecule has 0 aromatic carbocycles. The molecule has 1 amide bonds. The van der Waals surface area contributed by atoms with Crippen molar-refractivity contribution in [1.82, 2.24) is 4.90 Å². The fraction of sp³-hybridized carbons (Fsp3) is 0.636. The lowest BCUT2D eigenvalue weighted by Gasteiger charge is -2.20. The number of aliphatic carboxylic acids is 1. The molecule has 0 heterocycles. The van der Waals surface area contributed by atoms with Gasteiger partial charge in [0.15, 0.2) is 0 Å². The summed E-state index contributed by atoms with van der Waals surface area (Å²) in [5, 5.41) is 25.0. The molecule has 0 saturated heterocycles. The zero-order valence-corrected chi connectivity index (χ0v) is 10.9. The second-order valence-electron chi connectivity index (χ2n) is 3.49. The first-order valence-electron chi connectivity index (χ1n) is 5.39. The van der Waals surface area contributed by atoms with Crippen LogP contribution in [0.3, 0.4) is 0 Å². The minimum absolute atomic E-state index is 0.0460. The number of nitrogens with zero attached hydrogens (tertiary/aromatic N) is 3. The Bertz CT molecular complexity index is 355. The molecule has 1 atom stereocenters. The topological polar surface area (TPSA) is 105 Å². The van der Waals surface area contributed by atoms with E-state index in [4.69, 9.17) is 15.6 Å². The molecule has 18 heavy (non-hydrogen) atoms. The maximum atomic E-state index is 11.8. The number of carboxylic acid groups (broad SMARTS) is 1. The van der Waals surface area contributed by atoms with E-state index in [9.17, 15) is 9.59 Å². The van der Waals surface area contributed by atoms with Crippen LogP contribution in [0, 0.1) is 22.7 Å². The summed E-state index contributed by atoms with van der Waals surface area (Å²) in [5.41, 5.74) is 0. The van der Waals surface area contributed by atoms with Crippen LogP contribution in [0.15, 0.2) is 0 Å². The van der Waals surface area contributed by atoms with Gasteiger partial charge in [0.1, 0.15) is 0 Å². The molecule has 1 unspecified atom stereocenters. The van der Waals surface area contributed by atoms with Crippen LogP contribution in [0.2, 0.25) is 0 Å². The first-order valence-corrected chi connectivity index (χ1v) is 6.43. The second kappa shape index (κ2) is 9.32. The maximum absolute atomic E-state index is 11.8. The molecular weight excluding hydrogens is 254 g/mol. The third-order valence-corrected chi connectivity index (χ3v) is 3.26. The van der Waals surface area contributed by atoms with Crippen molar-refractivity contribution >= 4 is 23.6 Å². The van der Waals surface area contributed by atoms with Gasteiger partial charge < -0.3 is 10.0 Å². The molecule has 0 spiro atoms. The SMILES string of the molecule is CC(SCC(=O)N(CCC#N)CCC#N)C(=O)O. The summed E-state index contributed by atoms with van der Waals surface area (Å²) in [6.07, 6.45) is 0.409. The predicted molar refractivity (Wildman–Crippen MR) is 66.6 cm³/mol. The van der Waals surface area contributed by atoms with Gasteiger partial charge in [-0.15, -0.1) is 11.8 Å². The Kier molecular flexibility index (Phi) is 8.42. The number of rotatable bonds is 8. The molecule has 0 rings (SSSR count). The van der Waals surface area contributed by atoms with Crippen LogP contribution in [0.25, 0.3) is 0 Å². The molecule has 0 saturated carbocycles.